The molecule has 0 fully saturated rings. The molecule has 2 rings (SSSR count). The number of amides is 1. The maximum Gasteiger partial charge on any atom is 0.251 e. The quantitative estimate of drug-likeness (QED) is 0.860. The molecule has 0 aliphatic rings. The van der Waals surface area contributed by atoms with Crippen molar-refractivity contribution in [1.82, 2.24) is 10.3 Å². The minimum absolute atomic E-state index is 0.0554. The summed E-state index contributed by atoms with van der Waals surface area (Å²) in [5, 5.41) is 3.28. The van der Waals surface area contributed by atoms with Gasteiger partial charge in [-0.1, -0.05) is 11.6 Å². The summed E-state index contributed by atoms with van der Waals surface area (Å²) in [7, 11) is 0. The van der Waals surface area contributed by atoms with E-state index >= 15 is 0 Å². The summed E-state index contributed by atoms with van der Waals surface area (Å²) >= 11 is 5.86. The molecule has 2 heterocycles. The first-order valence-electron chi connectivity index (χ1n) is 6.52. The molecule has 0 aliphatic carbocycles. The van der Waals surface area contributed by atoms with E-state index in [0.29, 0.717) is 10.7 Å². The standard InChI is InChI=1S/C15H17ClN2O2/c1-10(5-6-13-4-3-7-20-13)18-15(19)12-8-11(2)17-14(16)9-12/h3-4,7-10H,5-6H2,1-2H3,(H,18,19). The Bertz CT molecular complexity index is 561. The molecule has 1 atom stereocenters. The van der Waals surface area contributed by atoms with Gasteiger partial charge in [-0.3, -0.25) is 4.79 Å². The minimum Gasteiger partial charge on any atom is -0.469 e. The van der Waals surface area contributed by atoms with Gasteiger partial charge in [0, 0.05) is 23.7 Å². The Labute approximate surface area is 123 Å². The van der Waals surface area contributed by atoms with Gasteiger partial charge in [-0.05, 0) is 44.5 Å². The average Bonchev–Trinajstić information content (AvgIpc) is 2.88. The summed E-state index contributed by atoms with van der Waals surface area (Å²) in [6.07, 6.45) is 3.27. The zero-order valence-electron chi connectivity index (χ0n) is 11.5. The summed E-state index contributed by atoms with van der Waals surface area (Å²) in [5.41, 5.74) is 1.26. The highest BCUT2D eigenvalue weighted by Gasteiger charge is 2.12. The van der Waals surface area contributed by atoms with Crippen molar-refractivity contribution in [3.63, 3.8) is 0 Å². The number of rotatable bonds is 5. The lowest BCUT2D eigenvalue weighted by Gasteiger charge is -2.13. The highest BCUT2D eigenvalue weighted by molar-refractivity contribution is 6.29. The molecule has 1 amide bonds. The number of pyridine rings is 1. The summed E-state index contributed by atoms with van der Waals surface area (Å²) in [5.74, 6) is 0.790. The minimum atomic E-state index is -0.135. The Kier molecular flexibility index (Phi) is 4.79. The predicted octanol–water partition coefficient (Wildman–Crippen LogP) is 3.39. The van der Waals surface area contributed by atoms with Crippen molar-refractivity contribution in [3.05, 3.63) is 52.7 Å². The lowest BCUT2D eigenvalue weighted by Crippen LogP contribution is -2.33. The summed E-state index contributed by atoms with van der Waals surface area (Å²) in [4.78, 5) is 16.1. The van der Waals surface area contributed by atoms with E-state index < -0.39 is 0 Å². The van der Waals surface area contributed by atoms with Crippen LogP contribution in [0.3, 0.4) is 0 Å². The number of furan rings is 1. The van der Waals surface area contributed by atoms with E-state index in [1.807, 2.05) is 26.0 Å². The lowest BCUT2D eigenvalue weighted by molar-refractivity contribution is 0.0938. The predicted molar refractivity (Wildman–Crippen MR) is 77.9 cm³/mol. The van der Waals surface area contributed by atoms with E-state index in [4.69, 9.17) is 16.0 Å². The van der Waals surface area contributed by atoms with Gasteiger partial charge in [0.25, 0.3) is 5.91 Å². The van der Waals surface area contributed by atoms with Crippen LogP contribution >= 0.6 is 11.6 Å². The number of halogens is 1. The van der Waals surface area contributed by atoms with E-state index in [-0.39, 0.29) is 11.9 Å². The molecular formula is C15H17ClN2O2. The van der Waals surface area contributed by atoms with Gasteiger partial charge in [-0.2, -0.15) is 0 Å². The third-order valence-electron chi connectivity index (χ3n) is 2.97. The van der Waals surface area contributed by atoms with Crippen LogP contribution in [0, 0.1) is 6.92 Å². The van der Waals surface area contributed by atoms with Gasteiger partial charge < -0.3 is 9.73 Å². The fraction of sp³-hybridized carbons (Fsp3) is 0.333. The van der Waals surface area contributed by atoms with Crippen LogP contribution in [0.5, 0.6) is 0 Å². The molecule has 106 valence electrons. The first-order chi connectivity index (χ1) is 9.54. The van der Waals surface area contributed by atoms with Crippen LogP contribution in [-0.2, 0) is 6.42 Å². The third kappa shape index (κ3) is 4.10. The molecule has 0 radical (unpaired) electrons. The molecule has 20 heavy (non-hydrogen) atoms. The SMILES string of the molecule is Cc1cc(C(=O)NC(C)CCc2ccco2)cc(Cl)n1. The van der Waals surface area contributed by atoms with Gasteiger partial charge in [-0.15, -0.1) is 0 Å². The maximum atomic E-state index is 12.1. The zero-order chi connectivity index (χ0) is 14.5. The highest BCUT2D eigenvalue weighted by atomic mass is 35.5. The van der Waals surface area contributed by atoms with Crippen molar-refractivity contribution in [2.24, 2.45) is 0 Å². The number of nitrogens with zero attached hydrogens (tertiary/aromatic N) is 1. The van der Waals surface area contributed by atoms with E-state index in [2.05, 4.69) is 10.3 Å². The molecule has 0 saturated heterocycles. The third-order valence-corrected chi connectivity index (χ3v) is 3.16. The van der Waals surface area contributed by atoms with Gasteiger partial charge in [-0.25, -0.2) is 4.98 Å². The Morgan fingerprint density at radius 1 is 1.50 bits per heavy atom. The van der Waals surface area contributed by atoms with E-state index in [9.17, 15) is 4.79 Å². The second-order valence-corrected chi connectivity index (χ2v) is 5.20. The van der Waals surface area contributed by atoms with Crippen molar-refractivity contribution < 1.29 is 9.21 Å². The van der Waals surface area contributed by atoms with E-state index in [1.165, 1.54) is 0 Å². The van der Waals surface area contributed by atoms with Crippen molar-refractivity contribution in [2.45, 2.75) is 32.7 Å². The van der Waals surface area contributed by atoms with Crippen molar-refractivity contribution in [2.75, 3.05) is 0 Å². The normalized spacial score (nSPS) is 12.2. The van der Waals surface area contributed by atoms with E-state index in [0.717, 1.165) is 24.3 Å². The molecule has 0 spiro atoms. The molecule has 4 nitrogen and oxygen atoms in total. The van der Waals surface area contributed by atoms with Gasteiger partial charge in [0.05, 0.1) is 6.26 Å². The molecular weight excluding hydrogens is 276 g/mol. The smallest absolute Gasteiger partial charge is 0.251 e. The van der Waals surface area contributed by atoms with Crippen LogP contribution in [0.15, 0.2) is 34.9 Å². The number of hydrogen-bond acceptors (Lipinski definition) is 3. The van der Waals surface area contributed by atoms with Gasteiger partial charge in [0.15, 0.2) is 0 Å². The van der Waals surface area contributed by atoms with Gasteiger partial charge in [0.2, 0.25) is 0 Å². The van der Waals surface area contributed by atoms with Gasteiger partial charge >= 0.3 is 0 Å². The number of aromatic nitrogens is 1. The van der Waals surface area contributed by atoms with Crippen LogP contribution in [0.25, 0.3) is 0 Å². The van der Waals surface area contributed by atoms with Crippen molar-refractivity contribution in [3.8, 4) is 0 Å². The summed E-state index contributed by atoms with van der Waals surface area (Å²) < 4.78 is 5.27. The van der Waals surface area contributed by atoms with Crippen LogP contribution in [0.1, 0.15) is 35.2 Å². The molecule has 0 saturated carbocycles. The Morgan fingerprint density at radius 2 is 2.30 bits per heavy atom. The fourth-order valence-electron chi connectivity index (χ4n) is 1.95. The Morgan fingerprint density at radius 3 is 2.95 bits per heavy atom. The molecule has 1 N–H and O–H groups in total. The Balaban J connectivity index is 1.90. The number of nitrogens with one attached hydrogen (secondary N) is 1. The molecule has 0 aliphatic heterocycles. The number of carbonyl (C=O) groups is 1. The molecule has 2 aromatic heterocycles. The summed E-state index contributed by atoms with van der Waals surface area (Å²) in [6, 6.07) is 7.14. The molecule has 2 aromatic rings. The van der Waals surface area contributed by atoms with E-state index in [1.54, 1.807) is 18.4 Å². The van der Waals surface area contributed by atoms with Crippen LogP contribution < -0.4 is 5.32 Å². The number of carbonyl (C=O) groups excluding carboxylic acids is 1. The fourth-order valence-corrected chi connectivity index (χ4v) is 2.20. The summed E-state index contributed by atoms with van der Waals surface area (Å²) in [6.45, 7) is 3.78. The average molecular weight is 293 g/mol. The van der Waals surface area contributed by atoms with Crippen molar-refractivity contribution in [1.29, 1.82) is 0 Å². The van der Waals surface area contributed by atoms with Gasteiger partial charge in [0.1, 0.15) is 10.9 Å². The second kappa shape index (κ2) is 6.57. The van der Waals surface area contributed by atoms with Crippen LogP contribution in [0.4, 0.5) is 0 Å². The largest absolute Gasteiger partial charge is 0.469 e. The maximum absolute atomic E-state index is 12.1. The number of hydrogen-bond donors (Lipinski definition) is 1. The molecule has 5 heteroatoms. The molecule has 0 aromatic carbocycles. The second-order valence-electron chi connectivity index (χ2n) is 4.81. The van der Waals surface area contributed by atoms with Crippen LogP contribution in [0.2, 0.25) is 5.15 Å². The van der Waals surface area contributed by atoms with Crippen molar-refractivity contribution >= 4 is 17.5 Å². The lowest BCUT2D eigenvalue weighted by atomic mass is 10.1. The first kappa shape index (κ1) is 14.6. The molecule has 0 bridgehead atoms. The van der Waals surface area contributed by atoms with Crippen LogP contribution in [-0.4, -0.2) is 16.9 Å². The topological polar surface area (TPSA) is 55.1 Å². The molecule has 1 unspecified atom stereocenters. The number of aryl methyl sites for hydroxylation is 2. The first-order valence-corrected chi connectivity index (χ1v) is 6.90. The monoisotopic (exact) mass is 292 g/mol. The Hall–Kier alpha value is -1.81. The zero-order valence-corrected chi connectivity index (χ0v) is 12.3. The highest BCUT2D eigenvalue weighted by Crippen LogP contribution is 2.11.